The summed E-state index contributed by atoms with van der Waals surface area (Å²) in [6, 6.07) is 9.36. The first-order valence-corrected chi connectivity index (χ1v) is 8.59. The fourth-order valence-corrected chi connectivity index (χ4v) is 2.67. The first-order valence-electron chi connectivity index (χ1n) is 8.59. The van der Waals surface area contributed by atoms with Gasteiger partial charge in [-0.2, -0.15) is 0 Å². The lowest BCUT2D eigenvalue weighted by molar-refractivity contribution is -0.117. The number of nitrogens with zero attached hydrogens (tertiary/aromatic N) is 3. The fourth-order valence-electron chi connectivity index (χ4n) is 2.67. The van der Waals surface area contributed by atoms with Crippen molar-refractivity contribution in [1.82, 2.24) is 15.3 Å². The van der Waals surface area contributed by atoms with E-state index in [1.54, 1.807) is 29.4 Å². The first kappa shape index (κ1) is 17.6. The molecule has 0 saturated carbocycles. The van der Waals surface area contributed by atoms with Crippen LogP contribution < -0.4 is 15.5 Å². The molecule has 1 fully saturated rings. The van der Waals surface area contributed by atoms with Gasteiger partial charge < -0.3 is 15.5 Å². The van der Waals surface area contributed by atoms with Crippen LogP contribution in [0.5, 0.6) is 0 Å². The van der Waals surface area contributed by atoms with Gasteiger partial charge >= 0.3 is 0 Å². The van der Waals surface area contributed by atoms with Crippen molar-refractivity contribution in [3.05, 3.63) is 54.4 Å². The number of rotatable bonds is 7. The number of anilines is 2. The molecule has 134 valence electrons. The second-order valence-corrected chi connectivity index (χ2v) is 5.86. The summed E-state index contributed by atoms with van der Waals surface area (Å²) in [6.45, 7) is 1.79. The molecule has 26 heavy (non-hydrogen) atoms. The summed E-state index contributed by atoms with van der Waals surface area (Å²) < 4.78 is 0. The summed E-state index contributed by atoms with van der Waals surface area (Å²) in [7, 11) is 0. The Morgan fingerprint density at radius 3 is 2.62 bits per heavy atom. The molecular formula is C19H21N5O2. The molecule has 2 heterocycles. The van der Waals surface area contributed by atoms with Gasteiger partial charge in [0.15, 0.2) is 0 Å². The van der Waals surface area contributed by atoms with E-state index in [0.717, 1.165) is 24.2 Å². The number of carbonyl (C=O) groups excluding carboxylic acids is 2. The molecule has 1 aliphatic heterocycles. The molecule has 0 unspecified atom stereocenters. The van der Waals surface area contributed by atoms with Crippen LogP contribution in [-0.4, -0.2) is 41.4 Å². The van der Waals surface area contributed by atoms with Crippen LogP contribution >= 0.6 is 0 Å². The fraction of sp³-hybridized carbons (Fsp3) is 0.263. The Labute approximate surface area is 152 Å². The van der Waals surface area contributed by atoms with E-state index >= 15 is 0 Å². The van der Waals surface area contributed by atoms with Gasteiger partial charge in [0.1, 0.15) is 0 Å². The number of hydrogen-bond acceptors (Lipinski definition) is 5. The SMILES string of the molecule is O=C(/C=C/c1ccc(N2CCCC2=O)cc1)NCCNc1ncccn1. The highest BCUT2D eigenvalue weighted by molar-refractivity contribution is 5.95. The second kappa shape index (κ2) is 8.75. The van der Waals surface area contributed by atoms with Crippen LogP contribution in [0.3, 0.4) is 0 Å². The van der Waals surface area contributed by atoms with Gasteiger partial charge in [0.2, 0.25) is 17.8 Å². The molecule has 3 rings (SSSR count). The summed E-state index contributed by atoms with van der Waals surface area (Å²) in [6.07, 6.45) is 8.08. The van der Waals surface area contributed by atoms with Gasteiger partial charge in [-0.3, -0.25) is 9.59 Å². The molecule has 0 spiro atoms. The van der Waals surface area contributed by atoms with E-state index in [9.17, 15) is 9.59 Å². The molecule has 1 aromatic heterocycles. The van der Waals surface area contributed by atoms with Crippen molar-refractivity contribution in [2.24, 2.45) is 0 Å². The monoisotopic (exact) mass is 351 g/mol. The number of nitrogens with one attached hydrogen (secondary N) is 2. The lowest BCUT2D eigenvalue weighted by Crippen LogP contribution is -2.27. The van der Waals surface area contributed by atoms with Gasteiger partial charge in [0.25, 0.3) is 0 Å². The van der Waals surface area contributed by atoms with Crippen molar-refractivity contribution in [3.8, 4) is 0 Å². The smallest absolute Gasteiger partial charge is 0.244 e. The zero-order chi connectivity index (χ0) is 18.2. The van der Waals surface area contributed by atoms with E-state index in [-0.39, 0.29) is 11.8 Å². The average Bonchev–Trinajstić information content (AvgIpc) is 3.11. The lowest BCUT2D eigenvalue weighted by Gasteiger charge is -2.15. The first-order chi connectivity index (χ1) is 12.7. The number of benzene rings is 1. The maximum Gasteiger partial charge on any atom is 0.244 e. The number of hydrogen-bond donors (Lipinski definition) is 2. The van der Waals surface area contributed by atoms with Gasteiger partial charge in [-0.1, -0.05) is 12.1 Å². The van der Waals surface area contributed by atoms with Crippen LogP contribution in [-0.2, 0) is 9.59 Å². The number of carbonyl (C=O) groups is 2. The zero-order valence-electron chi connectivity index (χ0n) is 14.4. The molecule has 0 radical (unpaired) electrons. The zero-order valence-corrected chi connectivity index (χ0v) is 14.4. The van der Waals surface area contributed by atoms with E-state index in [2.05, 4.69) is 20.6 Å². The van der Waals surface area contributed by atoms with Gasteiger partial charge in [-0.15, -0.1) is 0 Å². The Bertz CT molecular complexity index is 774. The molecule has 0 aliphatic carbocycles. The average molecular weight is 351 g/mol. The highest BCUT2D eigenvalue weighted by atomic mass is 16.2. The van der Waals surface area contributed by atoms with Crippen molar-refractivity contribution in [2.45, 2.75) is 12.8 Å². The molecule has 2 amide bonds. The molecule has 0 atom stereocenters. The van der Waals surface area contributed by atoms with Crippen LogP contribution in [0, 0.1) is 0 Å². The van der Waals surface area contributed by atoms with Crippen molar-refractivity contribution >= 4 is 29.5 Å². The molecule has 7 nitrogen and oxygen atoms in total. The maximum atomic E-state index is 11.8. The van der Waals surface area contributed by atoms with Crippen molar-refractivity contribution in [1.29, 1.82) is 0 Å². The summed E-state index contributed by atoms with van der Waals surface area (Å²) in [4.78, 5) is 33.4. The van der Waals surface area contributed by atoms with Crippen LogP contribution in [0.15, 0.2) is 48.8 Å². The third-order valence-electron chi connectivity index (χ3n) is 3.98. The molecule has 0 bridgehead atoms. The molecule has 1 saturated heterocycles. The highest BCUT2D eigenvalue weighted by Gasteiger charge is 2.21. The summed E-state index contributed by atoms with van der Waals surface area (Å²) >= 11 is 0. The Balaban J connectivity index is 1.42. The number of aromatic nitrogens is 2. The molecule has 7 heteroatoms. The molecule has 2 aromatic rings. The number of amides is 2. The van der Waals surface area contributed by atoms with Gasteiger partial charge in [-0.25, -0.2) is 9.97 Å². The van der Waals surface area contributed by atoms with E-state index in [1.165, 1.54) is 6.08 Å². The standard InChI is InChI=1S/C19H21N5O2/c25-17(20-12-13-23-19-21-10-2-11-22-19)9-6-15-4-7-16(8-5-15)24-14-1-3-18(24)26/h2,4-11H,1,3,12-14H2,(H,20,25)(H,21,22,23)/b9-6+. The summed E-state index contributed by atoms with van der Waals surface area (Å²) in [5, 5.41) is 5.81. The Morgan fingerprint density at radius 1 is 1.15 bits per heavy atom. The molecular weight excluding hydrogens is 330 g/mol. The Kier molecular flexibility index (Phi) is 5.92. The topological polar surface area (TPSA) is 87.2 Å². The molecule has 1 aliphatic rings. The van der Waals surface area contributed by atoms with Gasteiger partial charge in [-0.05, 0) is 36.3 Å². The largest absolute Gasteiger partial charge is 0.352 e. The van der Waals surface area contributed by atoms with Crippen molar-refractivity contribution in [3.63, 3.8) is 0 Å². The quantitative estimate of drug-likeness (QED) is 0.587. The van der Waals surface area contributed by atoms with Crippen LogP contribution in [0.2, 0.25) is 0 Å². The highest BCUT2D eigenvalue weighted by Crippen LogP contribution is 2.21. The van der Waals surface area contributed by atoms with Crippen molar-refractivity contribution < 1.29 is 9.59 Å². The molecule has 1 aromatic carbocycles. The van der Waals surface area contributed by atoms with E-state index in [4.69, 9.17) is 0 Å². The third-order valence-corrected chi connectivity index (χ3v) is 3.98. The van der Waals surface area contributed by atoms with Gasteiger partial charge in [0.05, 0.1) is 0 Å². The van der Waals surface area contributed by atoms with Gasteiger partial charge in [0, 0.05) is 50.2 Å². The minimum absolute atomic E-state index is 0.167. The summed E-state index contributed by atoms with van der Waals surface area (Å²) in [5.74, 6) is 0.538. The summed E-state index contributed by atoms with van der Waals surface area (Å²) in [5.41, 5.74) is 1.81. The Morgan fingerprint density at radius 2 is 1.92 bits per heavy atom. The van der Waals surface area contributed by atoms with Crippen LogP contribution in [0.4, 0.5) is 11.6 Å². The normalized spacial score (nSPS) is 14.0. The predicted molar refractivity (Wildman–Crippen MR) is 101 cm³/mol. The van der Waals surface area contributed by atoms with Crippen LogP contribution in [0.25, 0.3) is 6.08 Å². The molecule has 2 N–H and O–H groups in total. The minimum atomic E-state index is -0.167. The predicted octanol–water partition coefficient (Wildman–Crippen LogP) is 1.84. The second-order valence-electron chi connectivity index (χ2n) is 5.86. The minimum Gasteiger partial charge on any atom is -0.352 e. The van der Waals surface area contributed by atoms with E-state index < -0.39 is 0 Å². The van der Waals surface area contributed by atoms with Crippen molar-refractivity contribution in [2.75, 3.05) is 29.9 Å². The van der Waals surface area contributed by atoms with E-state index in [1.807, 2.05) is 24.3 Å². The lowest BCUT2D eigenvalue weighted by atomic mass is 10.2. The van der Waals surface area contributed by atoms with Crippen LogP contribution in [0.1, 0.15) is 18.4 Å². The van der Waals surface area contributed by atoms with E-state index in [0.29, 0.717) is 25.5 Å². The maximum absolute atomic E-state index is 11.8. The Hall–Kier alpha value is -3.22. The third kappa shape index (κ3) is 4.89.